The highest BCUT2D eigenvalue weighted by atomic mass is 16.3. The highest BCUT2D eigenvalue weighted by molar-refractivity contribution is 5.79. The quantitative estimate of drug-likeness (QED) is 0.480. The Hall–Kier alpha value is -3.09. The number of aryl methyl sites for hydroxylation is 2. The van der Waals surface area contributed by atoms with Gasteiger partial charge in [-0.15, -0.1) is 10.2 Å². The lowest BCUT2D eigenvalue weighted by atomic mass is 10.1. The third-order valence-electron chi connectivity index (χ3n) is 4.64. The number of hydrogen-bond donors (Lipinski definition) is 1. The lowest BCUT2D eigenvalue weighted by Crippen LogP contribution is -2.40. The summed E-state index contributed by atoms with van der Waals surface area (Å²) in [5, 5.41) is 11.6. The maximum atomic E-state index is 5.42. The summed E-state index contributed by atoms with van der Waals surface area (Å²) in [6.07, 6.45) is 4.32. The first kappa shape index (κ1) is 19.7. The lowest BCUT2D eigenvalue weighted by molar-refractivity contribution is 0.463. The van der Waals surface area contributed by atoms with Gasteiger partial charge in [0.05, 0.1) is 6.26 Å². The number of nitrogens with one attached hydrogen (secondary N) is 1. The minimum atomic E-state index is 0.500. The molecule has 0 bridgehead atoms. The molecule has 0 amide bonds. The molecule has 0 radical (unpaired) electrons. The number of aliphatic imine (C=N–C) groups is 1. The third kappa shape index (κ3) is 5.22. The van der Waals surface area contributed by atoms with Crippen LogP contribution < -0.4 is 5.32 Å². The van der Waals surface area contributed by atoms with Crippen molar-refractivity contribution in [1.82, 2.24) is 25.0 Å². The summed E-state index contributed by atoms with van der Waals surface area (Å²) in [7, 11) is 2.05. The van der Waals surface area contributed by atoms with E-state index in [1.807, 2.05) is 12.1 Å². The summed E-state index contributed by atoms with van der Waals surface area (Å²) in [5.41, 5.74) is 2.56. The monoisotopic (exact) mass is 380 g/mol. The highest BCUT2D eigenvalue weighted by Gasteiger charge is 2.10. The van der Waals surface area contributed by atoms with Gasteiger partial charge in [0.15, 0.2) is 5.96 Å². The normalized spacial score (nSPS) is 11.6. The Morgan fingerprint density at radius 2 is 2.11 bits per heavy atom. The van der Waals surface area contributed by atoms with E-state index in [0.717, 1.165) is 43.6 Å². The van der Waals surface area contributed by atoms with Gasteiger partial charge in [0.2, 0.25) is 0 Å². The average molecular weight is 380 g/mol. The van der Waals surface area contributed by atoms with E-state index in [1.54, 1.807) is 12.6 Å². The smallest absolute Gasteiger partial charge is 0.194 e. The van der Waals surface area contributed by atoms with Crippen molar-refractivity contribution in [2.45, 2.75) is 39.9 Å². The predicted molar refractivity (Wildman–Crippen MR) is 110 cm³/mol. The molecule has 28 heavy (non-hydrogen) atoms. The molecule has 0 spiro atoms. The molecule has 2 heterocycles. The average Bonchev–Trinajstić information content (AvgIpc) is 3.37. The fourth-order valence-electron chi connectivity index (χ4n) is 3.01. The number of benzene rings is 1. The topological polar surface area (TPSA) is 71.5 Å². The predicted octanol–water partition coefficient (Wildman–Crippen LogP) is 3.02. The van der Waals surface area contributed by atoms with Crippen molar-refractivity contribution in [1.29, 1.82) is 0 Å². The van der Waals surface area contributed by atoms with Gasteiger partial charge in [-0.3, -0.25) is 0 Å². The molecule has 0 saturated heterocycles. The van der Waals surface area contributed by atoms with Crippen molar-refractivity contribution >= 4 is 5.96 Å². The molecule has 0 aliphatic heterocycles. The lowest BCUT2D eigenvalue weighted by Gasteiger charge is -2.23. The molecular formula is C21H28N6O. The van der Waals surface area contributed by atoms with E-state index in [9.17, 15) is 0 Å². The fourth-order valence-corrected chi connectivity index (χ4v) is 3.01. The van der Waals surface area contributed by atoms with Crippen LogP contribution in [0.15, 0.2) is 58.4 Å². The summed E-state index contributed by atoms with van der Waals surface area (Å²) in [5.74, 6) is 2.67. The van der Waals surface area contributed by atoms with Gasteiger partial charge in [-0.2, -0.15) is 0 Å². The molecule has 7 nitrogen and oxygen atoms in total. The Morgan fingerprint density at radius 3 is 2.86 bits per heavy atom. The maximum absolute atomic E-state index is 5.42. The zero-order chi connectivity index (χ0) is 19.8. The van der Waals surface area contributed by atoms with Gasteiger partial charge in [0.1, 0.15) is 24.5 Å². The molecule has 0 aliphatic carbocycles. The molecule has 3 rings (SSSR count). The van der Waals surface area contributed by atoms with Gasteiger partial charge in [-0.1, -0.05) is 31.2 Å². The van der Waals surface area contributed by atoms with Crippen molar-refractivity contribution in [3.8, 4) is 0 Å². The van der Waals surface area contributed by atoms with Crippen LogP contribution in [0.4, 0.5) is 0 Å². The van der Waals surface area contributed by atoms with E-state index in [4.69, 9.17) is 9.41 Å². The number of hydrogen-bond acceptors (Lipinski definition) is 4. The zero-order valence-electron chi connectivity index (χ0n) is 16.8. The Kier molecular flexibility index (Phi) is 6.84. The van der Waals surface area contributed by atoms with E-state index in [-0.39, 0.29) is 0 Å². The molecule has 0 fully saturated rings. The van der Waals surface area contributed by atoms with Gasteiger partial charge in [0.25, 0.3) is 0 Å². The summed E-state index contributed by atoms with van der Waals surface area (Å²) < 4.78 is 7.49. The van der Waals surface area contributed by atoms with Crippen LogP contribution in [0, 0.1) is 6.92 Å². The van der Waals surface area contributed by atoms with Crippen LogP contribution in [-0.2, 0) is 26.1 Å². The standard InChI is InChI=1S/C21H28N6O/c1-4-20-25-24-16-27(20)12-11-22-21(23-14-19-10-7-13-28-19)26(3)15-18-9-6-5-8-17(18)2/h5-10,13,16H,4,11-12,14-15H2,1-3H3,(H,22,23). The van der Waals surface area contributed by atoms with E-state index in [0.29, 0.717) is 6.54 Å². The second-order valence-electron chi connectivity index (χ2n) is 6.72. The van der Waals surface area contributed by atoms with Crippen molar-refractivity contribution in [3.63, 3.8) is 0 Å². The Balaban J connectivity index is 1.67. The molecule has 0 unspecified atom stereocenters. The van der Waals surface area contributed by atoms with Gasteiger partial charge in [0, 0.05) is 33.1 Å². The number of guanidine groups is 1. The number of aromatic nitrogens is 3. The van der Waals surface area contributed by atoms with Crippen molar-refractivity contribution in [2.75, 3.05) is 13.6 Å². The SMILES string of the molecule is CCc1nncn1CCNC(=NCc1ccco1)N(C)Cc1ccccc1C. The highest BCUT2D eigenvalue weighted by Crippen LogP contribution is 2.10. The van der Waals surface area contributed by atoms with Crippen LogP contribution >= 0.6 is 0 Å². The second-order valence-corrected chi connectivity index (χ2v) is 6.72. The van der Waals surface area contributed by atoms with E-state index in [1.165, 1.54) is 11.1 Å². The van der Waals surface area contributed by atoms with Crippen LogP contribution in [0.3, 0.4) is 0 Å². The first-order chi connectivity index (χ1) is 13.7. The van der Waals surface area contributed by atoms with Gasteiger partial charge < -0.3 is 19.2 Å². The summed E-state index contributed by atoms with van der Waals surface area (Å²) in [6.45, 7) is 7.02. The molecule has 7 heteroatoms. The zero-order valence-corrected chi connectivity index (χ0v) is 16.8. The molecule has 148 valence electrons. The van der Waals surface area contributed by atoms with Crippen LogP contribution in [0.25, 0.3) is 0 Å². The first-order valence-corrected chi connectivity index (χ1v) is 9.60. The molecule has 1 N–H and O–H groups in total. The fraction of sp³-hybridized carbons (Fsp3) is 0.381. The van der Waals surface area contributed by atoms with Crippen molar-refractivity contribution < 1.29 is 4.42 Å². The molecule has 0 saturated carbocycles. The Bertz CT molecular complexity index is 884. The number of furan rings is 1. The summed E-state index contributed by atoms with van der Waals surface area (Å²) in [4.78, 5) is 6.89. The minimum Gasteiger partial charge on any atom is -0.467 e. The van der Waals surface area contributed by atoms with Crippen LogP contribution in [0.5, 0.6) is 0 Å². The summed E-state index contributed by atoms with van der Waals surface area (Å²) in [6, 6.07) is 12.2. The van der Waals surface area contributed by atoms with Gasteiger partial charge in [-0.25, -0.2) is 4.99 Å². The van der Waals surface area contributed by atoms with Crippen LogP contribution in [-0.4, -0.2) is 39.2 Å². The van der Waals surface area contributed by atoms with Gasteiger partial charge >= 0.3 is 0 Å². The summed E-state index contributed by atoms with van der Waals surface area (Å²) >= 11 is 0. The van der Waals surface area contributed by atoms with Crippen molar-refractivity contribution in [3.05, 3.63) is 71.7 Å². The second kappa shape index (κ2) is 9.73. The molecule has 3 aromatic rings. The molecule has 2 aromatic heterocycles. The molecule has 0 atom stereocenters. The molecule has 0 aliphatic rings. The third-order valence-corrected chi connectivity index (χ3v) is 4.64. The first-order valence-electron chi connectivity index (χ1n) is 9.60. The van der Waals surface area contributed by atoms with E-state index >= 15 is 0 Å². The minimum absolute atomic E-state index is 0.500. The van der Waals surface area contributed by atoms with Crippen LogP contribution in [0.2, 0.25) is 0 Å². The van der Waals surface area contributed by atoms with Gasteiger partial charge in [-0.05, 0) is 30.2 Å². The van der Waals surface area contributed by atoms with Crippen molar-refractivity contribution in [2.24, 2.45) is 4.99 Å². The molecule has 1 aromatic carbocycles. The number of nitrogens with zero attached hydrogens (tertiary/aromatic N) is 5. The Labute approximate surface area is 166 Å². The maximum Gasteiger partial charge on any atom is 0.194 e. The molecular weight excluding hydrogens is 352 g/mol. The Morgan fingerprint density at radius 1 is 1.25 bits per heavy atom. The van der Waals surface area contributed by atoms with E-state index in [2.05, 4.69) is 70.1 Å². The van der Waals surface area contributed by atoms with E-state index < -0.39 is 0 Å². The van der Waals surface area contributed by atoms with Crippen LogP contribution in [0.1, 0.15) is 29.6 Å². The largest absolute Gasteiger partial charge is 0.467 e. The number of rotatable bonds is 8.